The molecule has 2 nitrogen and oxygen atoms in total. The topological polar surface area (TPSA) is 15.3 Å². The van der Waals surface area contributed by atoms with Gasteiger partial charge in [0.15, 0.2) is 0 Å². The Kier molecular flexibility index (Phi) is 5.17. The van der Waals surface area contributed by atoms with Gasteiger partial charge in [0.2, 0.25) is 0 Å². The standard InChI is InChI=1S/C11H20N2.2ClH/c1-2-10(1)13(11-3-4-11)8-9-5-6-12-7-9;;/h9-12H,1-8H2;2*1H. The molecular weight excluding hydrogens is 231 g/mol. The second-order valence-electron chi connectivity index (χ2n) is 5.02. The lowest BCUT2D eigenvalue weighted by Crippen LogP contribution is -2.34. The smallest absolute Gasteiger partial charge is 0.00994 e. The second kappa shape index (κ2) is 5.72. The normalized spacial score (nSPS) is 29.8. The highest BCUT2D eigenvalue weighted by molar-refractivity contribution is 5.85. The molecule has 1 unspecified atom stereocenters. The monoisotopic (exact) mass is 252 g/mol. The van der Waals surface area contributed by atoms with Crippen LogP contribution in [0.4, 0.5) is 0 Å². The largest absolute Gasteiger partial charge is 0.316 e. The summed E-state index contributed by atoms with van der Waals surface area (Å²) in [6.45, 7) is 3.92. The molecule has 0 aromatic heterocycles. The van der Waals surface area contributed by atoms with E-state index in [0.29, 0.717) is 0 Å². The fraction of sp³-hybridized carbons (Fsp3) is 1.00. The number of halogens is 2. The first kappa shape index (κ1) is 13.6. The highest BCUT2D eigenvalue weighted by Crippen LogP contribution is 2.38. The fourth-order valence-corrected chi connectivity index (χ4v) is 2.58. The minimum Gasteiger partial charge on any atom is -0.316 e. The van der Waals surface area contributed by atoms with Crippen LogP contribution in [0, 0.1) is 5.92 Å². The van der Waals surface area contributed by atoms with Crippen LogP contribution in [-0.2, 0) is 0 Å². The predicted molar refractivity (Wildman–Crippen MR) is 68.2 cm³/mol. The van der Waals surface area contributed by atoms with E-state index in [2.05, 4.69) is 10.2 Å². The van der Waals surface area contributed by atoms with Gasteiger partial charge in [0.25, 0.3) is 0 Å². The molecule has 1 atom stereocenters. The quantitative estimate of drug-likeness (QED) is 0.825. The van der Waals surface area contributed by atoms with E-state index in [1.807, 2.05) is 0 Å². The van der Waals surface area contributed by atoms with Crippen LogP contribution in [0.3, 0.4) is 0 Å². The summed E-state index contributed by atoms with van der Waals surface area (Å²) in [4.78, 5) is 2.82. The van der Waals surface area contributed by atoms with Gasteiger partial charge >= 0.3 is 0 Å². The molecule has 3 rings (SSSR count). The summed E-state index contributed by atoms with van der Waals surface area (Å²) in [6.07, 6.45) is 7.34. The first-order chi connectivity index (χ1) is 6.43. The number of hydrogen-bond donors (Lipinski definition) is 1. The first-order valence-electron chi connectivity index (χ1n) is 5.90. The van der Waals surface area contributed by atoms with Gasteiger partial charge in [0.1, 0.15) is 0 Å². The second-order valence-corrected chi connectivity index (χ2v) is 5.02. The molecular formula is C11H22Cl2N2. The van der Waals surface area contributed by atoms with Gasteiger partial charge in [-0.1, -0.05) is 0 Å². The molecule has 0 bridgehead atoms. The molecule has 1 N–H and O–H groups in total. The molecule has 15 heavy (non-hydrogen) atoms. The summed E-state index contributed by atoms with van der Waals surface area (Å²) in [5.74, 6) is 0.959. The van der Waals surface area contributed by atoms with E-state index >= 15 is 0 Å². The van der Waals surface area contributed by atoms with Crippen LogP contribution in [0.2, 0.25) is 0 Å². The zero-order valence-electron chi connectivity index (χ0n) is 9.15. The summed E-state index contributed by atoms with van der Waals surface area (Å²) in [6, 6.07) is 1.99. The fourth-order valence-electron chi connectivity index (χ4n) is 2.58. The van der Waals surface area contributed by atoms with E-state index in [0.717, 1.165) is 18.0 Å². The lowest BCUT2D eigenvalue weighted by atomic mass is 10.1. The van der Waals surface area contributed by atoms with Crippen molar-refractivity contribution < 1.29 is 0 Å². The van der Waals surface area contributed by atoms with Crippen molar-refractivity contribution in [2.75, 3.05) is 19.6 Å². The molecule has 0 amide bonds. The predicted octanol–water partition coefficient (Wildman–Crippen LogP) is 2.07. The molecule has 90 valence electrons. The Labute approximate surface area is 105 Å². The Morgan fingerprint density at radius 2 is 1.53 bits per heavy atom. The minimum atomic E-state index is 0. The summed E-state index contributed by atoms with van der Waals surface area (Å²) in [7, 11) is 0. The van der Waals surface area contributed by atoms with Crippen LogP contribution < -0.4 is 5.32 Å². The van der Waals surface area contributed by atoms with Crippen molar-refractivity contribution in [3.63, 3.8) is 0 Å². The third-order valence-electron chi connectivity index (χ3n) is 3.66. The molecule has 1 heterocycles. The highest BCUT2D eigenvalue weighted by Gasteiger charge is 2.39. The Morgan fingerprint density at radius 1 is 0.933 bits per heavy atom. The van der Waals surface area contributed by atoms with Crippen LogP contribution in [0.25, 0.3) is 0 Å². The van der Waals surface area contributed by atoms with E-state index in [9.17, 15) is 0 Å². The van der Waals surface area contributed by atoms with Crippen molar-refractivity contribution in [3.8, 4) is 0 Å². The zero-order chi connectivity index (χ0) is 8.67. The van der Waals surface area contributed by atoms with E-state index in [1.54, 1.807) is 0 Å². The van der Waals surface area contributed by atoms with Gasteiger partial charge in [-0.05, 0) is 51.1 Å². The Morgan fingerprint density at radius 3 is 1.93 bits per heavy atom. The van der Waals surface area contributed by atoms with Gasteiger partial charge in [-0.3, -0.25) is 4.90 Å². The van der Waals surface area contributed by atoms with Gasteiger partial charge in [0, 0.05) is 18.6 Å². The van der Waals surface area contributed by atoms with Crippen LogP contribution >= 0.6 is 24.8 Å². The van der Waals surface area contributed by atoms with Gasteiger partial charge in [-0.15, -0.1) is 24.8 Å². The highest BCUT2D eigenvalue weighted by atomic mass is 35.5. The van der Waals surface area contributed by atoms with Gasteiger partial charge in [0.05, 0.1) is 0 Å². The van der Waals surface area contributed by atoms with Crippen LogP contribution in [0.5, 0.6) is 0 Å². The molecule has 0 aromatic carbocycles. The van der Waals surface area contributed by atoms with E-state index < -0.39 is 0 Å². The first-order valence-corrected chi connectivity index (χ1v) is 5.90. The van der Waals surface area contributed by atoms with Crippen LogP contribution in [-0.4, -0.2) is 36.6 Å². The zero-order valence-corrected chi connectivity index (χ0v) is 10.8. The van der Waals surface area contributed by atoms with Crippen molar-refractivity contribution in [3.05, 3.63) is 0 Å². The molecule has 1 saturated heterocycles. The average Bonchev–Trinajstić information content (AvgIpc) is 3.04. The lowest BCUT2D eigenvalue weighted by molar-refractivity contribution is 0.218. The van der Waals surface area contributed by atoms with Crippen molar-refractivity contribution in [2.45, 2.75) is 44.2 Å². The maximum Gasteiger partial charge on any atom is 0.00994 e. The number of nitrogens with zero attached hydrogens (tertiary/aromatic N) is 1. The number of nitrogens with one attached hydrogen (secondary N) is 1. The van der Waals surface area contributed by atoms with Crippen LogP contribution in [0.15, 0.2) is 0 Å². The molecule has 0 radical (unpaired) electrons. The van der Waals surface area contributed by atoms with E-state index in [-0.39, 0.29) is 24.8 Å². The minimum absolute atomic E-state index is 0. The molecule has 4 heteroatoms. The Hall–Kier alpha value is 0.500. The molecule has 2 saturated carbocycles. The maximum atomic E-state index is 3.47. The molecule has 2 aliphatic carbocycles. The number of hydrogen-bond acceptors (Lipinski definition) is 2. The van der Waals surface area contributed by atoms with Crippen molar-refractivity contribution >= 4 is 24.8 Å². The summed E-state index contributed by atoms with van der Waals surface area (Å²) >= 11 is 0. The molecule has 3 aliphatic rings. The summed E-state index contributed by atoms with van der Waals surface area (Å²) in [5.41, 5.74) is 0. The molecule has 0 spiro atoms. The third kappa shape index (κ3) is 3.48. The summed E-state index contributed by atoms with van der Waals surface area (Å²) in [5, 5.41) is 3.47. The average molecular weight is 253 g/mol. The summed E-state index contributed by atoms with van der Waals surface area (Å²) < 4.78 is 0. The van der Waals surface area contributed by atoms with Crippen LogP contribution in [0.1, 0.15) is 32.1 Å². The Balaban J connectivity index is 0.000000562. The maximum absolute atomic E-state index is 3.47. The lowest BCUT2D eigenvalue weighted by Gasteiger charge is -2.24. The molecule has 1 aliphatic heterocycles. The van der Waals surface area contributed by atoms with Gasteiger partial charge < -0.3 is 5.32 Å². The third-order valence-corrected chi connectivity index (χ3v) is 3.66. The van der Waals surface area contributed by atoms with Crippen molar-refractivity contribution in [1.29, 1.82) is 0 Å². The van der Waals surface area contributed by atoms with E-state index in [4.69, 9.17) is 0 Å². The van der Waals surface area contributed by atoms with Crippen molar-refractivity contribution in [2.24, 2.45) is 5.92 Å². The molecule has 3 fully saturated rings. The number of rotatable bonds is 4. The van der Waals surface area contributed by atoms with E-state index in [1.165, 1.54) is 51.7 Å². The van der Waals surface area contributed by atoms with Gasteiger partial charge in [-0.25, -0.2) is 0 Å². The Bertz CT molecular complexity index is 175. The van der Waals surface area contributed by atoms with Crippen molar-refractivity contribution in [1.82, 2.24) is 10.2 Å². The van der Waals surface area contributed by atoms with Gasteiger partial charge in [-0.2, -0.15) is 0 Å². The molecule has 0 aromatic rings. The SMILES string of the molecule is C1CC(CN(C2CC2)C2CC2)CN1.Cl.Cl.